The molecule has 40 heteroatoms. The number of nitrogens with one attached hydrogen (secondary N) is 3. The lowest BCUT2D eigenvalue weighted by Crippen LogP contribution is -2.16. The number of alkyl halides is 1. The maximum Gasteiger partial charge on any atom is 0.411 e. The quantitative estimate of drug-likeness (QED) is 0.00938. The molecule has 0 aliphatic carbocycles. The maximum atomic E-state index is 12.1. The molecule has 0 saturated carbocycles. The van der Waals surface area contributed by atoms with Crippen LogP contribution in [-0.2, 0) is 101 Å². The standard InChI is InChI=1S/C20H21NO8.C17H17NO6.C14H13NO4.C12H15NO6.C9H11NO4.C6H7NO2.C3H5BrO2.CH4.ClH/c1-25-18(22)12-27-16-8-15(9-17(10-16)28-13-19(23)26-2)21-20(24)29-11-14-6-4-3-5-7-14;1-22-16(20)11-23-15-8-13(7-14(19)9-15)18-17(21)24-10-12-5-3-2-4-6-12;16-12-6-11(7-13(17)8-12)15-14(18)19-9-10-4-2-1-3-5-10;1-16-11(14)6-18-9-3-8(13)4-10(5-9)19-7-12(15)17-2;1-13-9(12)5-14-8-3-6(10)2-7(11)4-8;7-4-1-5(8)3-6(9)2-4;1-6-3(5)2-4;;/h3-10H,11-13H2,1-2H3,(H,21,24);2-9,19H,10-11H2,1H3,(H,18,21);1-8,16-17H,9H2,(H,15,18);3-5H,6-7,13H2,1-2H3;2-4,11H,5,10H2,1H3;1-3,8-9H,7H2;2H2,1H3;1H4;1H. The highest BCUT2D eigenvalue weighted by Crippen LogP contribution is 2.30. The molecule has 9 aromatic carbocycles. The second-order valence-electron chi connectivity index (χ2n) is 22.9. The van der Waals surface area contributed by atoms with Crippen LogP contribution in [0.5, 0.6) is 69.0 Å². The van der Waals surface area contributed by atoms with E-state index in [9.17, 15) is 63.3 Å². The number of methoxy groups -OCH3 is 7. The first-order valence-electron chi connectivity index (χ1n) is 34.4. The highest BCUT2D eigenvalue weighted by Gasteiger charge is 2.15. The fourth-order valence-corrected chi connectivity index (χ4v) is 8.41. The third kappa shape index (κ3) is 47.8. The summed E-state index contributed by atoms with van der Waals surface area (Å²) < 4.78 is 77.3. The molecular formula is C82H94BrClN6O32. The van der Waals surface area contributed by atoms with Gasteiger partial charge in [0, 0.05) is 126 Å². The van der Waals surface area contributed by atoms with Crippen molar-refractivity contribution < 1.29 is 154 Å². The van der Waals surface area contributed by atoms with E-state index in [1.165, 1.54) is 159 Å². The number of anilines is 6. The molecule has 0 spiro atoms. The zero-order valence-corrected chi connectivity index (χ0v) is 68.3. The number of ether oxygens (including phenoxy) is 16. The van der Waals surface area contributed by atoms with E-state index in [1.54, 1.807) is 0 Å². The molecule has 0 bridgehead atoms. The van der Waals surface area contributed by atoms with Crippen LogP contribution in [0, 0.1) is 0 Å². The lowest BCUT2D eigenvalue weighted by atomic mass is 10.2. The second-order valence-corrected chi connectivity index (χ2v) is 23.4. The Labute approximate surface area is 714 Å². The van der Waals surface area contributed by atoms with Gasteiger partial charge in [0.1, 0.15) is 94.1 Å². The van der Waals surface area contributed by atoms with Crippen molar-refractivity contribution in [2.45, 2.75) is 27.2 Å². The molecule has 0 aliphatic rings. The molecule has 38 nitrogen and oxygen atoms in total. The van der Waals surface area contributed by atoms with Crippen LogP contribution in [0.1, 0.15) is 24.1 Å². The van der Waals surface area contributed by atoms with Gasteiger partial charge in [0.15, 0.2) is 39.6 Å². The molecule has 0 saturated heterocycles. The highest BCUT2D eigenvalue weighted by molar-refractivity contribution is 9.09. The molecular weight excluding hydrogens is 1700 g/mol. The van der Waals surface area contributed by atoms with Crippen LogP contribution >= 0.6 is 28.3 Å². The van der Waals surface area contributed by atoms with Crippen LogP contribution in [0.3, 0.4) is 0 Å². The van der Waals surface area contributed by atoms with Crippen LogP contribution in [0.4, 0.5) is 48.5 Å². The van der Waals surface area contributed by atoms with Crippen LogP contribution in [0.2, 0.25) is 0 Å². The summed E-state index contributed by atoms with van der Waals surface area (Å²) in [4.78, 5) is 111. The van der Waals surface area contributed by atoms with Crippen LogP contribution in [0.25, 0.3) is 0 Å². The average Bonchev–Trinajstić information content (AvgIpc) is 0.855. The Morgan fingerprint density at radius 1 is 0.287 bits per heavy atom. The summed E-state index contributed by atoms with van der Waals surface area (Å²) in [5.41, 5.74) is 20.8. The van der Waals surface area contributed by atoms with Gasteiger partial charge in [-0.1, -0.05) is 114 Å². The van der Waals surface area contributed by atoms with Gasteiger partial charge < -0.3 is 124 Å². The molecule has 15 N–H and O–H groups in total. The first-order valence-corrected chi connectivity index (χ1v) is 35.5. The van der Waals surface area contributed by atoms with Crippen molar-refractivity contribution in [1.82, 2.24) is 0 Å². The number of carbonyl (C=O) groups is 10. The number of amides is 3. The van der Waals surface area contributed by atoms with Crippen molar-refractivity contribution in [1.29, 1.82) is 0 Å². The van der Waals surface area contributed by atoms with Gasteiger partial charge in [0.2, 0.25) is 0 Å². The Morgan fingerprint density at radius 3 is 0.738 bits per heavy atom. The van der Waals surface area contributed by atoms with Crippen molar-refractivity contribution in [2.24, 2.45) is 0 Å². The summed E-state index contributed by atoms with van der Waals surface area (Å²) in [6.45, 7) is -1.31. The minimum Gasteiger partial charge on any atom is -0.508 e. The van der Waals surface area contributed by atoms with E-state index < -0.39 is 54.1 Å². The number of carbonyl (C=O) groups excluding carboxylic acids is 10. The Bertz CT molecular complexity index is 4560. The van der Waals surface area contributed by atoms with Crippen molar-refractivity contribution in [3.05, 3.63) is 217 Å². The molecule has 0 aromatic heterocycles. The summed E-state index contributed by atoms with van der Waals surface area (Å²) in [5.74, 6) is -2.30. The molecule has 3 amide bonds. The third-order valence-corrected chi connectivity index (χ3v) is 14.1. The van der Waals surface area contributed by atoms with E-state index in [4.69, 9.17) is 75.2 Å². The van der Waals surface area contributed by atoms with Crippen LogP contribution in [-0.4, -0.2) is 185 Å². The largest absolute Gasteiger partial charge is 0.508 e. The fourth-order valence-electron chi connectivity index (χ4n) is 8.18. The Kier molecular flexibility index (Phi) is 51.1. The number of nitrogen functional groups attached to an aromatic ring is 3. The van der Waals surface area contributed by atoms with E-state index in [1.807, 2.05) is 91.0 Å². The van der Waals surface area contributed by atoms with Gasteiger partial charge in [0.05, 0.1) is 66.8 Å². The number of hydrogen-bond acceptors (Lipinski definition) is 35. The predicted octanol–water partition coefficient (Wildman–Crippen LogP) is 11.3. The van der Waals surface area contributed by atoms with Gasteiger partial charge in [0.25, 0.3) is 0 Å². The number of halogens is 2. The molecule has 658 valence electrons. The minimum atomic E-state index is -0.696. The Balaban J connectivity index is 0.000000737. The number of hydrogen-bond donors (Lipinski definition) is 12. The summed E-state index contributed by atoms with van der Waals surface area (Å²) in [6.07, 6.45) is -2.03. The molecule has 122 heavy (non-hydrogen) atoms. The topological polar surface area (TPSA) is 554 Å². The monoisotopic (exact) mass is 1790 g/mol. The molecule has 0 fully saturated rings. The predicted molar refractivity (Wildman–Crippen MR) is 447 cm³/mol. The maximum absolute atomic E-state index is 12.1. The summed E-state index contributed by atoms with van der Waals surface area (Å²) in [5, 5.41) is 62.5. The van der Waals surface area contributed by atoms with Crippen molar-refractivity contribution in [3.8, 4) is 69.0 Å². The lowest BCUT2D eigenvalue weighted by molar-refractivity contribution is -0.143. The van der Waals surface area contributed by atoms with Crippen molar-refractivity contribution >= 4 is 123 Å². The molecule has 0 atom stereocenters. The van der Waals surface area contributed by atoms with Gasteiger partial charge in [-0.15, -0.1) is 12.4 Å². The third-order valence-electron chi connectivity index (χ3n) is 13.6. The van der Waals surface area contributed by atoms with Gasteiger partial charge >= 0.3 is 60.1 Å². The minimum absolute atomic E-state index is 0. The second kappa shape index (κ2) is 59.5. The number of benzene rings is 9. The van der Waals surface area contributed by atoms with Crippen LogP contribution < -0.4 is 61.6 Å². The van der Waals surface area contributed by atoms with Gasteiger partial charge in [-0.25, -0.2) is 43.2 Å². The van der Waals surface area contributed by atoms with Gasteiger partial charge in [-0.05, 0) is 16.7 Å². The number of rotatable bonds is 28. The smallest absolute Gasteiger partial charge is 0.411 e. The number of aromatic hydroxyl groups is 6. The van der Waals surface area contributed by atoms with Gasteiger partial charge in [-0.3, -0.25) is 20.7 Å². The molecule has 9 aromatic rings. The first-order chi connectivity index (χ1) is 57.3. The summed E-state index contributed by atoms with van der Waals surface area (Å²) in [6, 6.07) is 52.7. The van der Waals surface area contributed by atoms with Crippen molar-refractivity contribution in [2.75, 3.05) is 128 Å². The lowest BCUT2D eigenvalue weighted by Gasteiger charge is -2.12. The number of phenolic OH excluding ortho intramolecular Hbond substituents is 6. The van der Waals surface area contributed by atoms with E-state index in [-0.39, 0.29) is 159 Å². The molecule has 0 unspecified atom stereocenters. The molecule has 0 aliphatic heterocycles. The Morgan fingerprint density at radius 2 is 0.492 bits per heavy atom. The van der Waals surface area contributed by atoms with E-state index in [0.717, 1.165) is 16.7 Å². The zero-order valence-electron chi connectivity index (χ0n) is 65.9. The van der Waals surface area contributed by atoms with E-state index in [0.29, 0.717) is 34.3 Å². The number of esters is 7. The molecule has 0 radical (unpaired) electrons. The van der Waals surface area contributed by atoms with Crippen molar-refractivity contribution in [3.63, 3.8) is 0 Å². The highest BCUT2D eigenvalue weighted by atomic mass is 79.9. The van der Waals surface area contributed by atoms with Crippen LogP contribution in [0.15, 0.2) is 200 Å². The fraction of sp³-hybridized carbons (Fsp3) is 0.220. The van der Waals surface area contributed by atoms with Gasteiger partial charge in [-0.2, -0.15) is 0 Å². The first kappa shape index (κ1) is 105. The Hall–Kier alpha value is -15.2. The normalized spacial score (nSPS) is 9.48. The van der Waals surface area contributed by atoms with E-state index >= 15 is 0 Å². The molecule has 0 heterocycles. The molecule has 9 rings (SSSR count). The van der Waals surface area contributed by atoms with E-state index in [2.05, 4.69) is 65.0 Å². The zero-order chi connectivity index (χ0) is 88.7. The summed E-state index contributed by atoms with van der Waals surface area (Å²) >= 11 is 2.90. The SMILES string of the molecule is C.COC(=O)CBr.COC(=O)COc1cc(N)cc(O)c1.COC(=O)COc1cc(N)cc(OCC(=O)OC)c1.COC(=O)COc1cc(NC(=O)OCc2ccccc2)cc(OCC(=O)OC)c1.COC(=O)COc1cc(O)cc(NC(=O)OCc2ccccc2)c1.Cl.Nc1cc(O)cc(O)c1.O=C(Nc1cc(O)cc(O)c1)OCc1ccccc1. The number of nitrogens with two attached hydrogens (primary N) is 3. The number of phenols is 6. The average molecular weight is 1790 g/mol. The summed E-state index contributed by atoms with van der Waals surface area (Å²) in [7, 11) is 8.84.